The second-order valence-electron chi connectivity index (χ2n) is 6.66. The van der Waals surface area contributed by atoms with E-state index in [1.54, 1.807) is 44.2 Å². The summed E-state index contributed by atoms with van der Waals surface area (Å²) in [4.78, 5) is 0.196. The zero-order valence-corrected chi connectivity index (χ0v) is 18.5. The molecule has 0 spiro atoms. The lowest BCUT2D eigenvalue weighted by Crippen LogP contribution is -2.32. The van der Waals surface area contributed by atoms with Gasteiger partial charge in [-0.1, -0.05) is 54.1 Å². The monoisotopic (exact) mass is 435 g/mol. The molecule has 156 valence electrons. The largest absolute Gasteiger partial charge is 0.359 e. The first kappa shape index (κ1) is 21.9. The number of hydrogen-bond donors (Lipinski definition) is 0. The van der Waals surface area contributed by atoms with Gasteiger partial charge in [0.15, 0.2) is 0 Å². The molecule has 0 saturated heterocycles. The molecule has 1 heterocycles. The lowest BCUT2D eigenvalue weighted by Gasteiger charge is -2.29. The van der Waals surface area contributed by atoms with Crippen LogP contribution >= 0.6 is 7.60 Å². The van der Waals surface area contributed by atoms with Crippen LogP contribution in [-0.4, -0.2) is 32.5 Å². The van der Waals surface area contributed by atoms with Crippen LogP contribution in [0.15, 0.2) is 70.9 Å². The molecule has 1 atom stereocenters. The van der Waals surface area contributed by atoms with Crippen molar-refractivity contribution < 1.29 is 22.0 Å². The van der Waals surface area contributed by atoms with Crippen LogP contribution in [0.25, 0.3) is 0 Å². The molecule has 0 amide bonds. The fourth-order valence-electron chi connectivity index (χ4n) is 3.39. The quantitative estimate of drug-likeness (QED) is 0.552. The number of sulfonamides is 1. The van der Waals surface area contributed by atoms with E-state index in [1.165, 1.54) is 4.31 Å². The molecule has 8 heteroatoms. The fraction of sp³-hybridized carbons (Fsp3) is 0.333. The van der Waals surface area contributed by atoms with E-state index in [2.05, 4.69) is 0 Å². The zero-order chi connectivity index (χ0) is 21.1. The third kappa shape index (κ3) is 4.39. The smallest absolute Gasteiger partial charge is 0.306 e. The van der Waals surface area contributed by atoms with Crippen molar-refractivity contribution in [3.05, 3.63) is 77.1 Å². The van der Waals surface area contributed by atoms with Crippen LogP contribution in [0, 0.1) is 6.92 Å². The van der Waals surface area contributed by atoms with Gasteiger partial charge in [-0.05, 0) is 38.5 Å². The van der Waals surface area contributed by atoms with Crippen molar-refractivity contribution in [2.24, 2.45) is 0 Å². The molecule has 1 aliphatic heterocycles. The van der Waals surface area contributed by atoms with Crippen LogP contribution < -0.4 is 0 Å². The molecule has 1 unspecified atom stereocenters. The molecule has 29 heavy (non-hydrogen) atoms. The molecule has 2 aromatic rings. The van der Waals surface area contributed by atoms with Crippen LogP contribution in [-0.2, 0) is 23.6 Å². The predicted molar refractivity (Wildman–Crippen MR) is 113 cm³/mol. The van der Waals surface area contributed by atoms with Gasteiger partial charge in [-0.2, -0.15) is 4.31 Å². The number of aryl methyl sites for hydroxylation is 1. The van der Waals surface area contributed by atoms with Crippen molar-refractivity contribution >= 4 is 17.6 Å². The highest BCUT2D eigenvalue weighted by atomic mass is 32.2. The van der Waals surface area contributed by atoms with Crippen LogP contribution in [0.3, 0.4) is 0 Å². The molecular weight excluding hydrogens is 409 g/mol. The normalized spacial score (nSPS) is 18.0. The SMILES string of the molecule is CCOP(=O)(OCC)C1=CCN(S(=O)(=O)c2ccc(C)cc2)C1c1ccccc1. The van der Waals surface area contributed by atoms with E-state index in [1.807, 2.05) is 37.3 Å². The Morgan fingerprint density at radius 2 is 1.59 bits per heavy atom. The molecule has 0 N–H and O–H groups in total. The summed E-state index contributed by atoms with van der Waals surface area (Å²) in [6.07, 6.45) is 1.66. The Labute approximate surface area is 172 Å². The number of rotatable bonds is 8. The molecule has 0 saturated carbocycles. The number of nitrogens with zero attached hydrogens (tertiary/aromatic N) is 1. The van der Waals surface area contributed by atoms with E-state index in [0.717, 1.165) is 5.56 Å². The van der Waals surface area contributed by atoms with E-state index in [-0.39, 0.29) is 24.7 Å². The van der Waals surface area contributed by atoms with Crippen molar-refractivity contribution in [2.75, 3.05) is 19.8 Å². The Balaban J connectivity index is 2.10. The minimum Gasteiger partial charge on any atom is -0.306 e. The Kier molecular flexibility index (Phi) is 6.76. The minimum absolute atomic E-state index is 0.0925. The highest BCUT2D eigenvalue weighted by molar-refractivity contribution is 7.89. The summed E-state index contributed by atoms with van der Waals surface area (Å²) in [5.74, 6) is 0. The topological polar surface area (TPSA) is 72.9 Å². The van der Waals surface area contributed by atoms with Crippen molar-refractivity contribution in [3.63, 3.8) is 0 Å². The summed E-state index contributed by atoms with van der Waals surface area (Å²) in [7, 11) is -7.47. The lowest BCUT2D eigenvalue weighted by molar-refractivity contribution is 0.223. The Morgan fingerprint density at radius 3 is 2.14 bits per heavy atom. The molecule has 1 aliphatic rings. The minimum atomic E-state index is -3.83. The van der Waals surface area contributed by atoms with Crippen LogP contribution in [0.2, 0.25) is 0 Å². The van der Waals surface area contributed by atoms with Gasteiger partial charge in [0.2, 0.25) is 10.0 Å². The third-order valence-electron chi connectivity index (χ3n) is 4.71. The average Bonchev–Trinajstić information content (AvgIpc) is 3.16. The van der Waals surface area contributed by atoms with Gasteiger partial charge in [-0.15, -0.1) is 0 Å². The van der Waals surface area contributed by atoms with Gasteiger partial charge >= 0.3 is 7.60 Å². The second kappa shape index (κ2) is 8.94. The first-order chi connectivity index (χ1) is 13.8. The van der Waals surface area contributed by atoms with Crippen LogP contribution in [0.5, 0.6) is 0 Å². The van der Waals surface area contributed by atoms with Gasteiger partial charge in [-0.25, -0.2) is 8.42 Å². The summed E-state index contributed by atoms with van der Waals surface area (Å²) >= 11 is 0. The van der Waals surface area contributed by atoms with E-state index in [9.17, 15) is 13.0 Å². The maximum atomic E-state index is 13.5. The molecule has 0 aliphatic carbocycles. The summed E-state index contributed by atoms with van der Waals surface area (Å²) in [5.41, 5.74) is 1.69. The van der Waals surface area contributed by atoms with Gasteiger partial charge in [0.05, 0.1) is 29.5 Å². The first-order valence-electron chi connectivity index (χ1n) is 9.56. The van der Waals surface area contributed by atoms with Gasteiger partial charge in [0.1, 0.15) is 0 Å². The maximum absolute atomic E-state index is 13.5. The van der Waals surface area contributed by atoms with Gasteiger partial charge in [0, 0.05) is 6.54 Å². The molecule has 0 aromatic heterocycles. The molecular formula is C21H26NO5PS. The maximum Gasteiger partial charge on any atom is 0.359 e. The summed E-state index contributed by atoms with van der Waals surface area (Å²) in [6.45, 7) is 5.86. The van der Waals surface area contributed by atoms with E-state index < -0.39 is 23.7 Å². The summed E-state index contributed by atoms with van der Waals surface area (Å²) in [5, 5.41) is 0.364. The number of benzene rings is 2. The molecule has 3 rings (SSSR count). The van der Waals surface area contributed by atoms with Gasteiger partial charge in [0.25, 0.3) is 0 Å². The average molecular weight is 435 g/mol. The fourth-order valence-corrected chi connectivity index (χ4v) is 6.95. The molecule has 0 bridgehead atoms. The molecule has 0 radical (unpaired) electrons. The first-order valence-corrected chi connectivity index (χ1v) is 12.5. The van der Waals surface area contributed by atoms with Gasteiger partial charge < -0.3 is 9.05 Å². The standard InChI is InChI=1S/C21H26NO5PS/c1-4-26-28(23,27-5-2)20-15-16-22(21(20)18-9-7-6-8-10-18)29(24,25)19-13-11-17(3)12-14-19/h6-15,21H,4-5,16H2,1-3H3. The molecule has 0 fully saturated rings. The van der Waals surface area contributed by atoms with E-state index in [4.69, 9.17) is 9.05 Å². The second-order valence-corrected chi connectivity index (χ2v) is 10.6. The highest BCUT2D eigenvalue weighted by Crippen LogP contribution is 2.63. The zero-order valence-electron chi connectivity index (χ0n) is 16.8. The Morgan fingerprint density at radius 1 is 1.00 bits per heavy atom. The summed E-state index contributed by atoms with van der Waals surface area (Å²) in [6, 6.07) is 15.1. The van der Waals surface area contributed by atoms with E-state index in [0.29, 0.717) is 10.9 Å². The summed E-state index contributed by atoms with van der Waals surface area (Å²) < 4.78 is 52.8. The molecule has 6 nitrogen and oxygen atoms in total. The van der Waals surface area contributed by atoms with E-state index >= 15 is 0 Å². The van der Waals surface area contributed by atoms with Crippen LogP contribution in [0.1, 0.15) is 31.0 Å². The van der Waals surface area contributed by atoms with Crippen molar-refractivity contribution in [2.45, 2.75) is 31.7 Å². The van der Waals surface area contributed by atoms with Crippen molar-refractivity contribution in [3.8, 4) is 0 Å². The van der Waals surface area contributed by atoms with Crippen molar-refractivity contribution in [1.29, 1.82) is 0 Å². The Hall–Kier alpha value is -1.76. The van der Waals surface area contributed by atoms with Gasteiger partial charge in [-0.3, -0.25) is 4.57 Å². The number of hydrogen-bond acceptors (Lipinski definition) is 5. The molecule has 2 aromatic carbocycles. The predicted octanol–water partition coefficient (Wildman–Crippen LogP) is 4.89. The third-order valence-corrected chi connectivity index (χ3v) is 8.81. The van der Waals surface area contributed by atoms with Crippen LogP contribution in [0.4, 0.5) is 0 Å². The highest BCUT2D eigenvalue weighted by Gasteiger charge is 2.46. The van der Waals surface area contributed by atoms with Crippen molar-refractivity contribution in [1.82, 2.24) is 4.31 Å². The lowest BCUT2D eigenvalue weighted by atomic mass is 10.1. The Bertz CT molecular complexity index is 1010.